The minimum atomic E-state index is 0.455. The first-order valence-corrected chi connectivity index (χ1v) is 8.38. The van der Waals surface area contributed by atoms with Gasteiger partial charge in [0, 0.05) is 17.6 Å². The summed E-state index contributed by atoms with van der Waals surface area (Å²) < 4.78 is 0. The Labute approximate surface area is 129 Å². The Balaban J connectivity index is 2.29. The molecule has 1 aromatic heterocycles. The molecule has 1 aromatic carbocycles. The third-order valence-corrected chi connectivity index (χ3v) is 4.33. The molecule has 2 aromatic rings. The molecule has 1 N–H and O–H groups in total. The molecule has 0 bridgehead atoms. The van der Waals surface area contributed by atoms with Gasteiger partial charge < -0.3 is 5.32 Å². The number of aromatic nitrogens is 1. The van der Waals surface area contributed by atoms with Gasteiger partial charge in [-0.2, -0.15) is 0 Å². The molecule has 21 heavy (non-hydrogen) atoms. The number of pyridine rings is 1. The standard InChI is InChI=1S/C19H28N2/c1-4-7-9-15(5-2)19(20-6-3)17-11-12-18-16(14-17)10-8-13-21-18/h8,10-15,19-20H,4-7,9H2,1-3H3. The molecule has 2 rings (SSSR count). The number of fused-ring (bicyclic) bond motifs is 1. The van der Waals surface area contributed by atoms with Crippen LogP contribution in [0.2, 0.25) is 0 Å². The van der Waals surface area contributed by atoms with Crippen molar-refractivity contribution >= 4 is 10.9 Å². The zero-order valence-corrected chi connectivity index (χ0v) is 13.6. The molecule has 1 heterocycles. The first-order valence-electron chi connectivity index (χ1n) is 8.38. The second-order valence-corrected chi connectivity index (χ2v) is 5.80. The predicted octanol–water partition coefficient (Wildman–Crippen LogP) is 5.10. The lowest BCUT2D eigenvalue weighted by Crippen LogP contribution is -2.28. The lowest BCUT2D eigenvalue weighted by molar-refractivity contribution is 0.328. The van der Waals surface area contributed by atoms with Crippen LogP contribution in [0, 0.1) is 5.92 Å². The summed E-state index contributed by atoms with van der Waals surface area (Å²) in [6, 6.07) is 11.3. The van der Waals surface area contributed by atoms with Crippen LogP contribution in [0.15, 0.2) is 36.5 Å². The molecule has 2 unspecified atom stereocenters. The molecule has 2 atom stereocenters. The second-order valence-electron chi connectivity index (χ2n) is 5.80. The minimum absolute atomic E-state index is 0.455. The number of nitrogens with one attached hydrogen (secondary N) is 1. The van der Waals surface area contributed by atoms with E-state index in [1.165, 1.54) is 36.6 Å². The van der Waals surface area contributed by atoms with Crippen LogP contribution in [0.25, 0.3) is 10.9 Å². The highest BCUT2D eigenvalue weighted by Crippen LogP contribution is 2.30. The smallest absolute Gasteiger partial charge is 0.0702 e. The second kappa shape index (κ2) is 8.14. The number of rotatable bonds is 8. The van der Waals surface area contributed by atoms with Gasteiger partial charge in [-0.3, -0.25) is 4.98 Å². The molecule has 0 saturated heterocycles. The maximum atomic E-state index is 4.42. The van der Waals surface area contributed by atoms with Crippen molar-refractivity contribution in [1.29, 1.82) is 0 Å². The number of hydrogen-bond donors (Lipinski definition) is 1. The fraction of sp³-hybridized carbons (Fsp3) is 0.526. The van der Waals surface area contributed by atoms with E-state index in [0.717, 1.165) is 12.1 Å². The van der Waals surface area contributed by atoms with Gasteiger partial charge in [0.2, 0.25) is 0 Å². The Bertz CT molecular complexity index is 550. The molecule has 0 amide bonds. The molecule has 0 aliphatic rings. The van der Waals surface area contributed by atoms with Crippen LogP contribution >= 0.6 is 0 Å². The lowest BCUT2D eigenvalue weighted by atomic mass is 9.86. The number of hydrogen-bond acceptors (Lipinski definition) is 2. The highest BCUT2D eigenvalue weighted by molar-refractivity contribution is 5.79. The van der Waals surface area contributed by atoms with Crippen LogP contribution in [0.4, 0.5) is 0 Å². The van der Waals surface area contributed by atoms with E-state index in [2.05, 4.69) is 55.3 Å². The van der Waals surface area contributed by atoms with Crippen LogP contribution in [0.5, 0.6) is 0 Å². The molecule has 0 spiro atoms. The molecule has 0 radical (unpaired) electrons. The Morgan fingerprint density at radius 2 is 2.00 bits per heavy atom. The number of unbranched alkanes of at least 4 members (excludes halogenated alkanes) is 1. The van der Waals surface area contributed by atoms with E-state index < -0.39 is 0 Å². The summed E-state index contributed by atoms with van der Waals surface area (Å²) in [6.45, 7) is 7.80. The van der Waals surface area contributed by atoms with E-state index in [4.69, 9.17) is 0 Å². The van der Waals surface area contributed by atoms with Crippen LogP contribution in [0.1, 0.15) is 58.1 Å². The van der Waals surface area contributed by atoms with Gasteiger partial charge in [0.15, 0.2) is 0 Å². The molecular weight excluding hydrogens is 256 g/mol. The molecule has 0 saturated carbocycles. The summed E-state index contributed by atoms with van der Waals surface area (Å²) in [5.41, 5.74) is 2.48. The fourth-order valence-corrected chi connectivity index (χ4v) is 3.14. The van der Waals surface area contributed by atoms with E-state index in [1.807, 2.05) is 12.3 Å². The van der Waals surface area contributed by atoms with E-state index in [-0.39, 0.29) is 0 Å². The van der Waals surface area contributed by atoms with Crippen molar-refractivity contribution in [3.8, 4) is 0 Å². The number of benzene rings is 1. The summed E-state index contributed by atoms with van der Waals surface area (Å²) in [5.74, 6) is 0.707. The summed E-state index contributed by atoms with van der Waals surface area (Å²) in [5, 5.41) is 4.94. The van der Waals surface area contributed by atoms with Gasteiger partial charge >= 0.3 is 0 Å². The Hall–Kier alpha value is -1.41. The van der Waals surface area contributed by atoms with Crippen LogP contribution in [-0.2, 0) is 0 Å². The molecule has 0 fully saturated rings. The van der Waals surface area contributed by atoms with Gasteiger partial charge in [0.25, 0.3) is 0 Å². The zero-order valence-electron chi connectivity index (χ0n) is 13.6. The summed E-state index contributed by atoms with van der Waals surface area (Å²) in [4.78, 5) is 4.42. The Morgan fingerprint density at radius 1 is 1.14 bits per heavy atom. The van der Waals surface area contributed by atoms with Crippen LogP contribution in [-0.4, -0.2) is 11.5 Å². The van der Waals surface area contributed by atoms with E-state index in [1.54, 1.807) is 0 Å². The van der Waals surface area contributed by atoms with Gasteiger partial charge in [-0.15, -0.1) is 0 Å². The van der Waals surface area contributed by atoms with Crippen molar-refractivity contribution in [2.45, 2.75) is 52.5 Å². The first kappa shape index (κ1) is 16.0. The summed E-state index contributed by atoms with van der Waals surface area (Å²) in [7, 11) is 0. The van der Waals surface area contributed by atoms with E-state index in [9.17, 15) is 0 Å². The van der Waals surface area contributed by atoms with Crippen molar-refractivity contribution in [2.24, 2.45) is 5.92 Å². The third kappa shape index (κ3) is 4.04. The van der Waals surface area contributed by atoms with Gasteiger partial charge in [0.1, 0.15) is 0 Å². The SMILES string of the molecule is CCCCC(CC)C(NCC)c1ccc2ncccc2c1. The van der Waals surface area contributed by atoms with Crippen molar-refractivity contribution in [3.63, 3.8) is 0 Å². The van der Waals surface area contributed by atoms with Gasteiger partial charge in [-0.25, -0.2) is 0 Å². The molecule has 114 valence electrons. The van der Waals surface area contributed by atoms with Crippen molar-refractivity contribution < 1.29 is 0 Å². The minimum Gasteiger partial charge on any atom is -0.310 e. The molecule has 2 nitrogen and oxygen atoms in total. The summed E-state index contributed by atoms with van der Waals surface area (Å²) >= 11 is 0. The van der Waals surface area contributed by atoms with Crippen LogP contribution in [0.3, 0.4) is 0 Å². The monoisotopic (exact) mass is 284 g/mol. The lowest BCUT2D eigenvalue weighted by Gasteiger charge is -2.28. The fourth-order valence-electron chi connectivity index (χ4n) is 3.14. The largest absolute Gasteiger partial charge is 0.310 e. The average Bonchev–Trinajstić information content (AvgIpc) is 2.54. The van der Waals surface area contributed by atoms with Crippen molar-refractivity contribution in [3.05, 3.63) is 42.1 Å². The molecule has 0 aliphatic heterocycles. The number of nitrogens with zero attached hydrogens (tertiary/aromatic N) is 1. The van der Waals surface area contributed by atoms with Gasteiger partial charge in [-0.05, 0) is 42.6 Å². The van der Waals surface area contributed by atoms with Gasteiger partial charge in [0.05, 0.1) is 5.52 Å². The van der Waals surface area contributed by atoms with E-state index >= 15 is 0 Å². The normalized spacial score (nSPS) is 14.2. The maximum Gasteiger partial charge on any atom is 0.0702 e. The average molecular weight is 284 g/mol. The molecule has 2 heteroatoms. The van der Waals surface area contributed by atoms with E-state index in [0.29, 0.717) is 12.0 Å². The third-order valence-electron chi connectivity index (χ3n) is 4.33. The highest BCUT2D eigenvalue weighted by Gasteiger charge is 2.20. The Morgan fingerprint density at radius 3 is 2.71 bits per heavy atom. The molecular formula is C19H28N2. The summed E-state index contributed by atoms with van der Waals surface area (Å²) in [6.07, 6.45) is 6.98. The first-order chi connectivity index (χ1) is 10.3. The Kier molecular flexibility index (Phi) is 6.19. The maximum absolute atomic E-state index is 4.42. The van der Waals surface area contributed by atoms with Gasteiger partial charge in [-0.1, -0.05) is 52.2 Å². The predicted molar refractivity (Wildman–Crippen MR) is 91.5 cm³/mol. The topological polar surface area (TPSA) is 24.9 Å². The highest BCUT2D eigenvalue weighted by atomic mass is 14.9. The molecule has 0 aliphatic carbocycles. The van der Waals surface area contributed by atoms with Crippen LogP contribution < -0.4 is 5.32 Å². The quantitative estimate of drug-likeness (QED) is 0.729. The van der Waals surface area contributed by atoms with Crippen molar-refractivity contribution in [1.82, 2.24) is 10.3 Å². The zero-order chi connectivity index (χ0) is 15.1. The van der Waals surface area contributed by atoms with Crippen molar-refractivity contribution in [2.75, 3.05) is 6.54 Å².